The minimum Gasteiger partial charge on any atom is -0.329 e. The minimum absolute atomic E-state index is 0. The molecule has 0 aromatic carbocycles. The summed E-state index contributed by atoms with van der Waals surface area (Å²) in [6.45, 7) is 0.965. The molecule has 0 aliphatic rings. The van der Waals surface area contributed by atoms with Gasteiger partial charge in [0, 0.05) is 19.1 Å². The molecule has 0 unspecified atom stereocenters. The lowest BCUT2D eigenvalue weighted by Crippen LogP contribution is -2.36. The Morgan fingerprint density at radius 2 is 1.11 bits per heavy atom. The number of halogens is 3. The summed E-state index contributed by atoms with van der Waals surface area (Å²) >= 11 is 0. The lowest BCUT2D eigenvalue weighted by Gasteiger charge is -1.99. The average Bonchev–Trinajstić information content (AvgIpc) is 1.65. The topological polar surface area (TPSA) is 78.1 Å². The van der Waals surface area contributed by atoms with E-state index in [0.717, 1.165) is 0 Å². The van der Waals surface area contributed by atoms with Gasteiger partial charge < -0.3 is 17.2 Å². The molecule has 0 aliphatic heterocycles. The summed E-state index contributed by atoms with van der Waals surface area (Å²) in [6.07, 6.45) is 0. The molecule has 0 heterocycles. The highest BCUT2D eigenvalue weighted by Gasteiger charge is 1.89. The molecule has 0 aromatic heterocycles. The fourth-order valence-corrected chi connectivity index (χ4v) is 0.0962. The molecule has 0 aliphatic carbocycles. The summed E-state index contributed by atoms with van der Waals surface area (Å²) in [5.74, 6) is 0. The molecule has 3 nitrogen and oxygen atoms in total. The summed E-state index contributed by atoms with van der Waals surface area (Å²) in [5, 5.41) is 0. The van der Waals surface area contributed by atoms with Gasteiger partial charge in [0.05, 0.1) is 0 Å². The third kappa shape index (κ3) is 17.7. The van der Waals surface area contributed by atoms with Crippen LogP contribution >= 0.6 is 37.2 Å². The molecular formula is C3H14Cl3N3. The van der Waals surface area contributed by atoms with Gasteiger partial charge in [-0.25, -0.2) is 0 Å². The van der Waals surface area contributed by atoms with Gasteiger partial charge in [-0.2, -0.15) is 0 Å². The molecule has 0 rings (SSSR count). The maximum absolute atomic E-state index is 5.22. The Kier molecular flexibility index (Phi) is 39.9. The van der Waals surface area contributed by atoms with Crippen molar-refractivity contribution < 1.29 is 0 Å². The molecule has 0 bridgehead atoms. The Hall–Kier alpha value is 0.750. The fraction of sp³-hybridized carbons (Fsp3) is 1.00. The first kappa shape index (κ1) is 22.6. The standard InChI is InChI=1S/C3H11N3.3ClH/c4-1-3(6)2-5;;;/h3H,1-2,4-6H2;3*1H. The minimum atomic E-state index is -0.00926. The monoisotopic (exact) mass is 197 g/mol. The van der Waals surface area contributed by atoms with Crippen molar-refractivity contribution in [2.75, 3.05) is 13.1 Å². The summed E-state index contributed by atoms with van der Waals surface area (Å²) in [6, 6.07) is -0.00926. The van der Waals surface area contributed by atoms with Crippen molar-refractivity contribution in [3.05, 3.63) is 0 Å². The van der Waals surface area contributed by atoms with Crippen molar-refractivity contribution in [3.63, 3.8) is 0 Å². The number of nitrogens with two attached hydrogens (primary N) is 3. The first-order chi connectivity index (χ1) is 2.81. The van der Waals surface area contributed by atoms with Crippen LogP contribution in [0.25, 0.3) is 0 Å². The van der Waals surface area contributed by atoms with E-state index in [2.05, 4.69) is 0 Å². The summed E-state index contributed by atoms with van der Waals surface area (Å²) in [5.41, 5.74) is 15.4. The van der Waals surface area contributed by atoms with Crippen LogP contribution in [-0.2, 0) is 0 Å². The highest BCUT2D eigenvalue weighted by molar-refractivity contribution is 5.86. The normalized spacial score (nSPS) is 6.67. The second-order valence-electron chi connectivity index (χ2n) is 1.23. The van der Waals surface area contributed by atoms with Crippen LogP contribution in [0.15, 0.2) is 0 Å². The van der Waals surface area contributed by atoms with Gasteiger partial charge in [-0.05, 0) is 0 Å². The van der Waals surface area contributed by atoms with Gasteiger partial charge in [-0.15, -0.1) is 37.2 Å². The Balaban J connectivity index is -0.0000000417. The first-order valence-corrected chi connectivity index (χ1v) is 1.97. The maximum atomic E-state index is 5.22. The van der Waals surface area contributed by atoms with Crippen LogP contribution in [0, 0.1) is 0 Å². The van der Waals surface area contributed by atoms with Gasteiger partial charge in [-0.1, -0.05) is 0 Å². The van der Waals surface area contributed by atoms with Crippen LogP contribution in [0.2, 0.25) is 0 Å². The summed E-state index contributed by atoms with van der Waals surface area (Å²) in [7, 11) is 0. The zero-order valence-electron chi connectivity index (χ0n) is 4.95. The Morgan fingerprint density at radius 1 is 0.889 bits per heavy atom. The van der Waals surface area contributed by atoms with E-state index < -0.39 is 0 Å². The molecule has 62 valence electrons. The molecule has 0 saturated carbocycles. The predicted octanol–water partition coefficient (Wildman–Crippen LogP) is -0.504. The lowest BCUT2D eigenvalue weighted by molar-refractivity contribution is 0.692. The number of hydrogen-bond acceptors (Lipinski definition) is 3. The molecule has 6 heteroatoms. The van der Waals surface area contributed by atoms with Crippen LogP contribution in [0.5, 0.6) is 0 Å². The van der Waals surface area contributed by atoms with Crippen molar-refractivity contribution in [3.8, 4) is 0 Å². The molecule has 9 heavy (non-hydrogen) atoms. The summed E-state index contributed by atoms with van der Waals surface area (Å²) < 4.78 is 0. The molecule has 0 fully saturated rings. The number of hydrogen-bond donors (Lipinski definition) is 3. The Morgan fingerprint density at radius 3 is 1.11 bits per heavy atom. The zero-order chi connectivity index (χ0) is 4.99. The second kappa shape index (κ2) is 15.9. The quantitative estimate of drug-likeness (QED) is 0.560. The van der Waals surface area contributed by atoms with Crippen LogP contribution in [0.4, 0.5) is 0 Å². The van der Waals surface area contributed by atoms with E-state index in [-0.39, 0.29) is 43.3 Å². The smallest absolute Gasteiger partial charge is 0.0287 e. The molecule has 6 N–H and O–H groups in total. The van der Waals surface area contributed by atoms with E-state index in [1.165, 1.54) is 0 Å². The maximum Gasteiger partial charge on any atom is 0.0287 e. The molecule has 0 amide bonds. The van der Waals surface area contributed by atoms with E-state index in [1.807, 2.05) is 0 Å². The van der Waals surface area contributed by atoms with E-state index in [4.69, 9.17) is 17.2 Å². The first-order valence-electron chi connectivity index (χ1n) is 1.97. The van der Waals surface area contributed by atoms with Crippen molar-refractivity contribution in [1.29, 1.82) is 0 Å². The van der Waals surface area contributed by atoms with E-state index in [9.17, 15) is 0 Å². The summed E-state index contributed by atoms with van der Waals surface area (Å²) in [4.78, 5) is 0. The van der Waals surface area contributed by atoms with E-state index in [0.29, 0.717) is 13.1 Å². The number of rotatable bonds is 2. The van der Waals surface area contributed by atoms with Crippen LogP contribution in [0.3, 0.4) is 0 Å². The van der Waals surface area contributed by atoms with Gasteiger partial charge in [0.2, 0.25) is 0 Å². The van der Waals surface area contributed by atoms with E-state index in [1.54, 1.807) is 0 Å². The van der Waals surface area contributed by atoms with Gasteiger partial charge in [0.25, 0.3) is 0 Å². The average molecular weight is 199 g/mol. The molecular weight excluding hydrogens is 184 g/mol. The third-order valence-corrected chi connectivity index (χ3v) is 0.605. The molecule has 0 spiro atoms. The highest BCUT2D eigenvalue weighted by Crippen LogP contribution is 1.59. The lowest BCUT2D eigenvalue weighted by atomic mass is 10.3. The van der Waals surface area contributed by atoms with Crippen LogP contribution < -0.4 is 17.2 Å². The van der Waals surface area contributed by atoms with Crippen LogP contribution in [-0.4, -0.2) is 19.1 Å². The Labute approximate surface area is 73.9 Å². The third-order valence-electron chi connectivity index (χ3n) is 0.605. The van der Waals surface area contributed by atoms with Gasteiger partial charge in [0.15, 0.2) is 0 Å². The van der Waals surface area contributed by atoms with Crippen molar-refractivity contribution in [2.45, 2.75) is 6.04 Å². The molecule has 0 radical (unpaired) electrons. The Bertz CT molecular complexity index is 33.5. The highest BCUT2D eigenvalue weighted by atomic mass is 35.5. The fourth-order valence-electron chi connectivity index (χ4n) is 0.0962. The zero-order valence-corrected chi connectivity index (χ0v) is 7.40. The predicted molar refractivity (Wildman–Crippen MR) is 47.8 cm³/mol. The van der Waals surface area contributed by atoms with Crippen molar-refractivity contribution in [1.82, 2.24) is 0 Å². The van der Waals surface area contributed by atoms with Crippen molar-refractivity contribution in [2.24, 2.45) is 17.2 Å². The SMILES string of the molecule is Cl.Cl.Cl.NCC(N)CN. The molecule has 0 atom stereocenters. The largest absolute Gasteiger partial charge is 0.329 e. The van der Waals surface area contributed by atoms with Crippen LogP contribution in [0.1, 0.15) is 0 Å². The van der Waals surface area contributed by atoms with Gasteiger partial charge in [0.1, 0.15) is 0 Å². The molecule has 0 saturated heterocycles. The van der Waals surface area contributed by atoms with Crippen molar-refractivity contribution >= 4 is 37.2 Å². The van der Waals surface area contributed by atoms with Gasteiger partial charge in [-0.3, -0.25) is 0 Å². The molecule has 0 aromatic rings. The van der Waals surface area contributed by atoms with E-state index >= 15 is 0 Å². The second-order valence-corrected chi connectivity index (χ2v) is 1.23. The van der Waals surface area contributed by atoms with Gasteiger partial charge >= 0.3 is 0 Å².